The Balaban J connectivity index is 2.76. The van der Waals surface area contributed by atoms with Crippen LogP contribution in [0.25, 0.3) is 0 Å². The molecule has 1 aromatic carbocycles. The number of carbonyl (C=O) groups excluding carboxylic acids is 1. The first kappa shape index (κ1) is 8.10. The van der Waals surface area contributed by atoms with Gasteiger partial charge in [-0.25, -0.2) is 0 Å². The maximum Gasteiger partial charge on any atom is 0.167 e. The van der Waals surface area contributed by atoms with Gasteiger partial charge in [0.05, 0.1) is 5.56 Å². The zero-order valence-electron chi connectivity index (χ0n) is 7.42. The minimum Gasteiger partial charge on any atom is -0.507 e. The van der Waals surface area contributed by atoms with Crippen LogP contribution in [0.2, 0.25) is 0 Å². The van der Waals surface area contributed by atoms with Gasteiger partial charge in [-0.15, -0.1) is 0 Å². The van der Waals surface area contributed by atoms with Crippen LogP contribution in [-0.4, -0.2) is 10.9 Å². The van der Waals surface area contributed by atoms with E-state index in [2.05, 4.69) is 0 Å². The number of nitrogens with two attached hydrogens (primary N) is 1. The summed E-state index contributed by atoms with van der Waals surface area (Å²) in [6.07, 6.45) is 1.13. The number of hydrogen-bond donors (Lipinski definition) is 2. The van der Waals surface area contributed by atoms with Gasteiger partial charge in [-0.3, -0.25) is 4.79 Å². The predicted octanol–water partition coefficient (Wildman–Crippen LogP) is 1.41. The molecule has 0 spiro atoms. The van der Waals surface area contributed by atoms with Gasteiger partial charge in [0, 0.05) is 12.1 Å². The fourth-order valence-electron chi connectivity index (χ4n) is 1.82. The van der Waals surface area contributed by atoms with Gasteiger partial charge in [-0.1, -0.05) is 0 Å². The molecule has 0 amide bonds. The molecule has 0 aromatic heterocycles. The van der Waals surface area contributed by atoms with E-state index in [0.717, 1.165) is 11.1 Å². The number of nitrogen functional groups attached to an aromatic ring is 1. The summed E-state index contributed by atoms with van der Waals surface area (Å²) in [5, 5.41) is 9.53. The second-order valence-electron chi connectivity index (χ2n) is 3.40. The van der Waals surface area contributed by atoms with E-state index < -0.39 is 0 Å². The van der Waals surface area contributed by atoms with Gasteiger partial charge >= 0.3 is 0 Å². The van der Waals surface area contributed by atoms with Crippen LogP contribution in [0.1, 0.15) is 27.9 Å². The number of Topliss-reactive ketones (excluding diaryl/α,β-unsaturated/α-hetero) is 1. The van der Waals surface area contributed by atoms with Crippen LogP contribution >= 0.6 is 0 Å². The first-order valence-electron chi connectivity index (χ1n) is 4.25. The van der Waals surface area contributed by atoms with Gasteiger partial charge in [0.15, 0.2) is 5.78 Å². The molecule has 3 heteroatoms. The van der Waals surface area contributed by atoms with E-state index in [-0.39, 0.29) is 11.5 Å². The van der Waals surface area contributed by atoms with Crippen LogP contribution in [-0.2, 0) is 6.42 Å². The largest absolute Gasteiger partial charge is 0.507 e. The molecule has 3 N–H and O–H groups in total. The predicted molar refractivity (Wildman–Crippen MR) is 49.9 cm³/mol. The average Bonchev–Trinajstić information content (AvgIpc) is 2.44. The number of phenolic OH excluding ortho intramolecular Hbond substituents is 1. The molecule has 0 bridgehead atoms. The van der Waals surface area contributed by atoms with E-state index >= 15 is 0 Å². The molecule has 68 valence electrons. The number of ketones is 1. The van der Waals surface area contributed by atoms with Gasteiger partial charge in [0.2, 0.25) is 0 Å². The molecule has 2 rings (SSSR count). The standard InChI is InChI=1S/C10H11NO2/c1-5-4-8(13)9-6(10(5)11)2-3-7(9)12/h4,13H,2-3,11H2,1H3. The van der Waals surface area contributed by atoms with Gasteiger partial charge in [0.25, 0.3) is 0 Å². The third-order valence-electron chi connectivity index (χ3n) is 2.54. The lowest BCUT2D eigenvalue weighted by atomic mass is 10.0. The zero-order chi connectivity index (χ0) is 9.59. The highest BCUT2D eigenvalue weighted by atomic mass is 16.3. The van der Waals surface area contributed by atoms with E-state index in [0.29, 0.717) is 24.1 Å². The van der Waals surface area contributed by atoms with Gasteiger partial charge in [-0.2, -0.15) is 0 Å². The Kier molecular flexibility index (Phi) is 1.55. The van der Waals surface area contributed by atoms with Crippen molar-refractivity contribution in [1.29, 1.82) is 0 Å². The summed E-state index contributed by atoms with van der Waals surface area (Å²) in [6.45, 7) is 1.83. The first-order chi connectivity index (χ1) is 6.11. The number of rotatable bonds is 0. The third kappa shape index (κ3) is 1.00. The SMILES string of the molecule is Cc1cc(O)c2c(c1N)CCC2=O. The summed E-state index contributed by atoms with van der Waals surface area (Å²) >= 11 is 0. The highest BCUT2D eigenvalue weighted by molar-refractivity contribution is 6.04. The second kappa shape index (κ2) is 2.49. The Morgan fingerprint density at radius 2 is 2.15 bits per heavy atom. The van der Waals surface area contributed by atoms with Crippen molar-refractivity contribution in [2.45, 2.75) is 19.8 Å². The molecule has 0 saturated heterocycles. The number of carbonyl (C=O) groups is 1. The van der Waals surface area contributed by atoms with Gasteiger partial charge in [-0.05, 0) is 30.5 Å². The van der Waals surface area contributed by atoms with Crippen LogP contribution in [0.4, 0.5) is 5.69 Å². The van der Waals surface area contributed by atoms with Crippen molar-refractivity contribution >= 4 is 11.5 Å². The van der Waals surface area contributed by atoms with E-state index in [9.17, 15) is 9.90 Å². The number of aromatic hydroxyl groups is 1. The van der Waals surface area contributed by atoms with Crippen LogP contribution < -0.4 is 5.73 Å². The molecule has 0 heterocycles. The average molecular weight is 177 g/mol. The Hall–Kier alpha value is -1.51. The topological polar surface area (TPSA) is 63.3 Å². The molecule has 0 atom stereocenters. The lowest BCUT2D eigenvalue weighted by Crippen LogP contribution is -1.98. The minimum absolute atomic E-state index is 0.000741. The van der Waals surface area contributed by atoms with Crippen molar-refractivity contribution in [3.8, 4) is 5.75 Å². The number of fused-ring (bicyclic) bond motifs is 1. The molecule has 1 aromatic rings. The molecule has 1 aliphatic carbocycles. The molecule has 13 heavy (non-hydrogen) atoms. The highest BCUT2D eigenvalue weighted by Crippen LogP contribution is 2.35. The Morgan fingerprint density at radius 3 is 2.85 bits per heavy atom. The quantitative estimate of drug-likeness (QED) is 0.465. The van der Waals surface area contributed by atoms with Gasteiger partial charge < -0.3 is 10.8 Å². The molecule has 0 aliphatic heterocycles. The third-order valence-corrected chi connectivity index (χ3v) is 2.54. The summed E-state index contributed by atoms with van der Waals surface area (Å²) in [4.78, 5) is 11.3. The van der Waals surface area contributed by atoms with E-state index in [1.54, 1.807) is 6.07 Å². The van der Waals surface area contributed by atoms with Crippen LogP contribution in [0.5, 0.6) is 5.75 Å². The molecule has 0 radical (unpaired) electrons. The number of hydrogen-bond acceptors (Lipinski definition) is 3. The van der Waals surface area contributed by atoms with Crippen molar-refractivity contribution in [2.75, 3.05) is 5.73 Å². The number of phenols is 1. The molecular weight excluding hydrogens is 166 g/mol. The second-order valence-corrected chi connectivity index (χ2v) is 3.40. The molecule has 0 unspecified atom stereocenters. The Labute approximate surface area is 76.2 Å². The van der Waals surface area contributed by atoms with Gasteiger partial charge in [0.1, 0.15) is 5.75 Å². The van der Waals surface area contributed by atoms with Crippen molar-refractivity contribution < 1.29 is 9.90 Å². The fraction of sp³-hybridized carbons (Fsp3) is 0.300. The normalized spacial score (nSPS) is 14.7. The van der Waals surface area contributed by atoms with E-state index in [4.69, 9.17) is 5.73 Å². The van der Waals surface area contributed by atoms with Crippen molar-refractivity contribution in [3.05, 3.63) is 22.8 Å². The maximum atomic E-state index is 11.3. The molecular formula is C10H11NO2. The zero-order valence-corrected chi connectivity index (χ0v) is 7.42. The van der Waals surface area contributed by atoms with Crippen molar-refractivity contribution in [2.24, 2.45) is 0 Å². The highest BCUT2D eigenvalue weighted by Gasteiger charge is 2.25. The smallest absolute Gasteiger partial charge is 0.167 e. The minimum atomic E-state index is -0.000741. The molecule has 3 nitrogen and oxygen atoms in total. The monoisotopic (exact) mass is 177 g/mol. The summed E-state index contributed by atoms with van der Waals surface area (Å²) < 4.78 is 0. The number of anilines is 1. The van der Waals surface area contributed by atoms with Crippen molar-refractivity contribution in [3.63, 3.8) is 0 Å². The summed E-state index contributed by atoms with van der Waals surface area (Å²) in [6, 6.07) is 1.55. The van der Waals surface area contributed by atoms with Crippen LogP contribution in [0.3, 0.4) is 0 Å². The molecule has 1 aliphatic rings. The van der Waals surface area contributed by atoms with Crippen molar-refractivity contribution in [1.82, 2.24) is 0 Å². The number of benzene rings is 1. The maximum absolute atomic E-state index is 11.3. The summed E-state index contributed by atoms with van der Waals surface area (Å²) in [7, 11) is 0. The fourth-order valence-corrected chi connectivity index (χ4v) is 1.82. The summed E-state index contributed by atoms with van der Waals surface area (Å²) in [5.41, 5.74) is 8.55. The lowest BCUT2D eigenvalue weighted by Gasteiger charge is -2.07. The number of aryl methyl sites for hydroxylation is 1. The lowest BCUT2D eigenvalue weighted by molar-refractivity contribution is 0.0992. The molecule has 0 saturated carbocycles. The van der Waals surface area contributed by atoms with E-state index in [1.165, 1.54) is 0 Å². The first-order valence-corrected chi connectivity index (χ1v) is 4.25. The van der Waals surface area contributed by atoms with Crippen LogP contribution in [0.15, 0.2) is 6.07 Å². The van der Waals surface area contributed by atoms with Crippen LogP contribution in [0, 0.1) is 6.92 Å². The Bertz CT molecular complexity index is 396. The Morgan fingerprint density at radius 1 is 1.46 bits per heavy atom. The molecule has 0 fully saturated rings. The summed E-state index contributed by atoms with van der Waals surface area (Å²) in [5.74, 6) is 0.0726. The van der Waals surface area contributed by atoms with E-state index in [1.807, 2.05) is 6.92 Å².